The quantitative estimate of drug-likeness (QED) is 0.843. The second kappa shape index (κ2) is 7.47. The number of rotatable bonds is 3. The van der Waals surface area contributed by atoms with Crippen LogP contribution in [0.2, 0.25) is 0 Å². The van der Waals surface area contributed by atoms with Crippen LogP contribution in [0.4, 0.5) is 0 Å². The van der Waals surface area contributed by atoms with Gasteiger partial charge in [-0.05, 0) is 57.7 Å². The molecular formula is C21H26N4O3. The summed E-state index contributed by atoms with van der Waals surface area (Å²) in [6.45, 7) is 5.41. The molecule has 148 valence electrons. The maximum atomic E-state index is 12.7. The molecule has 3 atom stereocenters. The second-order valence-corrected chi connectivity index (χ2v) is 7.95. The topological polar surface area (TPSA) is 95.4 Å². The molecule has 4 rings (SSSR count). The molecule has 1 aromatic carbocycles. The van der Waals surface area contributed by atoms with Crippen LogP contribution in [-0.4, -0.2) is 57.0 Å². The van der Waals surface area contributed by atoms with Crippen LogP contribution in [-0.2, 0) is 4.79 Å². The lowest BCUT2D eigenvalue weighted by Gasteiger charge is -2.20. The van der Waals surface area contributed by atoms with E-state index >= 15 is 0 Å². The minimum atomic E-state index is -0.703. The number of hydrogen-bond acceptors (Lipinski definition) is 5. The highest BCUT2D eigenvalue weighted by Gasteiger charge is 2.39. The Labute approximate surface area is 164 Å². The van der Waals surface area contributed by atoms with E-state index in [0.29, 0.717) is 23.9 Å². The maximum Gasteiger partial charge on any atom is 0.251 e. The van der Waals surface area contributed by atoms with Crippen LogP contribution in [0.15, 0.2) is 18.2 Å². The number of likely N-dealkylation sites (tertiary alicyclic amines) is 1. The first-order valence-electron chi connectivity index (χ1n) is 9.95. The van der Waals surface area contributed by atoms with E-state index < -0.39 is 12.1 Å². The average molecular weight is 382 g/mol. The van der Waals surface area contributed by atoms with Crippen molar-refractivity contribution in [2.24, 2.45) is 5.92 Å². The van der Waals surface area contributed by atoms with Crippen LogP contribution >= 0.6 is 0 Å². The molecule has 1 saturated carbocycles. The molecule has 1 aliphatic heterocycles. The SMILES string of the molecule is Cc1nc2ccc(C(=O)N[C@H]3C[C@H](C(=O)N4CCCC4)C[C@@H]3O)cc2nc1C. The zero-order valence-electron chi connectivity index (χ0n) is 16.3. The molecule has 0 radical (unpaired) electrons. The van der Waals surface area contributed by atoms with E-state index in [0.717, 1.165) is 42.8 Å². The fourth-order valence-electron chi connectivity index (χ4n) is 4.19. The summed E-state index contributed by atoms with van der Waals surface area (Å²) in [5, 5.41) is 13.3. The number of nitrogens with one attached hydrogen (secondary N) is 1. The van der Waals surface area contributed by atoms with Gasteiger partial charge < -0.3 is 15.3 Å². The highest BCUT2D eigenvalue weighted by molar-refractivity contribution is 5.97. The van der Waals surface area contributed by atoms with E-state index in [4.69, 9.17) is 0 Å². The number of amides is 2. The highest BCUT2D eigenvalue weighted by atomic mass is 16.3. The number of nitrogens with zero attached hydrogens (tertiary/aromatic N) is 3. The first-order chi connectivity index (χ1) is 13.4. The zero-order chi connectivity index (χ0) is 19.8. The van der Waals surface area contributed by atoms with Crippen molar-refractivity contribution in [1.82, 2.24) is 20.2 Å². The molecule has 1 aromatic heterocycles. The molecule has 7 nitrogen and oxygen atoms in total. The molecule has 1 aliphatic carbocycles. The van der Waals surface area contributed by atoms with Crippen LogP contribution < -0.4 is 5.32 Å². The Hall–Kier alpha value is -2.54. The fourth-order valence-corrected chi connectivity index (χ4v) is 4.19. The molecule has 2 aromatic rings. The molecule has 0 spiro atoms. The summed E-state index contributed by atoms with van der Waals surface area (Å²) in [5.41, 5.74) is 3.60. The van der Waals surface area contributed by atoms with Gasteiger partial charge in [0.1, 0.15) is 0 Å². The summed E-state index contributed by atoms with van der Waals surface area (Å²) in [6.07, 6.45) is 2.28. The number of hydrogen-bond donors (Lipinski definition) is 2. The minimum Gasteiger partial charge on any atom is -0.391 e. The van der Waals surface area contributed by atoms with Gasteiger partial charge in [-0.1, -0.05) is 0 Å². The van der Waals surface area contributed by atoms with Gasteiger partial charge in [-0.3, -0.25) is 9.59 Å². The first kappa shape index (κ1) is 18.8. The highest BCUT2D eigenvalue weighted by Crippen LogP contribution is 2.29. The van der Waals surface area contributed by atoms with Crippen molar-refractivity contribution < 1.29 is 14.7 Å². The molecule has 2 heterocycles. The molecule has 1 saturated heterocycles. The smallest absolute Gasteiger partial charge is 0.251 e. The van der Waals surface area contributed by atoms with E-state index in [-0.39, 0.29) is 17.7 Å². The van der Waals surface area contributed by atoms with Gasteiger partial charge in [-0.25, -0.2) is 9.97 Å². The lowest BCUT2D eigenvalue weighted by atomic mass is 10.1. The number of aliphatic hydroxyl groups excluding tert-OH is 1. The van der Waals surface area contributed by atoms with Gasteiger partial charge >= 0.3 is 0 Å². The first-order valence-corrected chi connectivity index (χ1v) is 9.95. The predicted octanol–water partition coefficient (Wildman–Crippen LogP) is 1.74. The van der Waals surface area contributed by atoms with Crippen molar-refractivity contribution in [1.29, 1.82) is 0 Å². The summed E-state index contributed by atoms with van der Waals surface area (Å²) in [4.78, 5) is 36.2. The maximum absolute atomic E-state index is 12.7. The number of aliphatic hydroxyl groups is 1. The Morgan fingerprint density at radius 2 is 1.75 bits per heavy atom. The van der Waals surface area contributed by atoms with Gasteiger partial charge in [0, 0.05) is 24.6 Å². The Bertz CT molecular complexity index is 923. The van der Waals surface area contributed by atoms with Gasteiger partial charge in [0.05, 0.1) is 34.6 Å². The number of benzene rings is 1. The van der Waals surface area contributed by atoms with Gasteiger partial charge in [0.25, 0.3) is 5.91 Å². The standard InChI is InChI=1S/C21H26N4O3/c1-12-13(2)23-17-9-14(5-6-16(17)22-12)20(27)24-18-10-15(11-19(18)26)21(28)25-7-3-4-8-25/h5-6,9,15,18-19,26H,3-4,7-8,10-11H2,1-2H3,(H,24,27)/t15-,18-,19-/m0/s1. The van der Waals surface area contributed by atoms with Gasteiger partial charge in [-0.2, -0.15) is 0 Å². The van der Waals surface area contributed by atoms with Gasteiger partial charge in [0.15, 0.2) is 0 Å². The summed E-state index contributed by atoms with van der Waals surface area (Å²) in [6, 6.07) is 4.81. The van der Waals surface area contributed by atoms with Gasteiger partial charge in [0.2, 0.25) is 5.91 Å². The van der Waals surface area contributed by atoms with Crippen molar-refractivity contribution in [2.75, 3.05) is 13.1 Å². The van der Waals surface area contributed by atoms with Gasteiger partial charge in [-0.15, -0.1) is 0 Å². The molecule has 28 heavy (non-hydrogen) atoms. The number of fused-ring (bicyclic) bond motifs is 1. The van der Waals surface area contributed by atoms with Crippen LogP contribution in [0.3, 0.4) is 0 Å². The van der Waals surface area contributed by atoms with E-state index in [2.05, 4.69) is 15.3 Å². The third-order valence-corrected chi connectivity index (χ3v) is 5.95. The number of aryl methyl sites for hydroxylation is 2. The lowest BCUT2D eigenvalue weighted by molar-refractivity contribution is -0.134. The van der Waals surface area contributed by atoms with Crippen molar-refractivity contribution >= 4 is 22.8 Å². The van der Waals surface area contributed by atoms with E-state index in [1.807, 2.05) is 18.7 Å². The largest absolute Gasteiger partial charge is 0.391 e. The van der Waals surface area contributed by atoms with E-state index in [1.165, 1.54) is 0 Å². The van der Waals surface area contributed by atoms with Crippen molar-refractivity contribution in [3.8, 4) is 0 Å². The zero-order valence-corrected chi connectivity index (χ0v) is 16.3. The summed E-state index contributed by atoms with van der Waals surface area (Å²) in [7, 11) is 0. The normalized spacial score (nSPS) is 24.7. The summed E-state index contributed by atoms with van der Waals surface area (Å²) < 4.78 is 0. The number of carbonyl (C=O) groups excluding carboxylic acids is 2. The number of carbonyl (C=O) groups is 2. The molecule has 7 heteroatoms. The van der Waals surface area contributed by atoms with Crippen LogP contribution in [0.25, 0.3) is 11.0 Å². The average Bonchev–Trinajstić information content (AvgIpc) is 3.32. The van der Waals surface area contributed by atoms with Crippen molar-refractivity contribution in [3.63, 3.8) is 0 Å². The Balaban J connectivity index is 1.45. The Morgan fingerprint density at radius 3 is 2.46 bits per heavy atom. The Kier molecular flexibility index (Phi) is 5.02. The Morgan fingerprint density at radius 1 is 1.07 bits per heavy atom. The molecule has 0 bridgehead atoms. The fraction of sp³-hybridized carbons (Fsp3) is 0.524. The van der Waals surface area contributed by atoms with E-state index in [9.17, 15) is 14.7 Å². The van der Waals surface area contributed by atoms with E-state index in [1.54, 1.807) is 18.2 Å². The summed E-state index contributed by atoms with van der Waals surface area (Å²) in [5.74, 6) is -0.369. The molecular weight excluding hydrogens is 356 g/mol. The minimum absolute atomic E-state index is 0.111. The third kappa shape index (κ3) is 3.58. The third-order valence-electron chi connectivity index (χ3n) is 5.95. The van der Waals surface area contributed by atoms with Crippen LogP contribution in [0.1, 0.15) is 47.4 Å². The molecule has 2 aliphatic rings. The number of aromatic nitrogens is 2. The molecule has 0 unspecified atom stereocenters. The van der Waals surface area contributed by atoms with Crippen LogP contribution in [0, 0.1) is 19.8 Å². The molecule has 2 amide bonds. The monoisotopic (exact) mass is 382 g/mol. The molecule has 2 N–H and O–H groups in total. The molecule has 2 fully saturated rings. The second-order valence-electron chi connectivity index (χ2n) is 7.95. The summed E-state index contributed by atoms with van der Waals surface area (Å²) >= 11 is 0. The van der Waals surface area contributed by atoms with Crippen molar-refractivity contribution in [2.45, 2.75) is 51.7 Å². The van der Waals surface area contributed by atoms with Crippen molar-refractivity contribution in [3.05, 3.63) is 35.2 Å². The lowest BCUT2D eigenvalue weighted by Crippen LogP contribution is -2.40. The predicted molar refractivity (Wildman–Crippen MR) is 105 cm³/mol. The van der Waals surface area contributed by atoms with Crippen LogP contribution in [0.5, 0.6) is 0 Å².